The summed E-state index contributed by atoms with van der Waals surface area (Å²) in [5, 5.41) is 6.66. The molecule has 10 heteroatoms. The van der Waals surface area contributed by atoms with Gasteiger partial charge in [0, 0.05) is 0 Å². The third kappa shape index (κ3) is 9.43. The standard InChI is InChI=1S/C2H6N2S.CHF3O3S/c1-5-2(3)4;2-1(3,4)8(5,6)7/h1H3,(H3,3,4);(H,5,6,7). The number of hydrogen-bond acceptors (Lipinski definition) is 4. The van der Waals surface area contributed by atoms with Crippen molar-refractivity contribution in [3.63, 3.8) is 0 Å². The summed E-state index contributed by atoms with van der Waals surface area (Å²) in [6.45, 7) is 0. The predicted octanol–water partition coefficient (Wildman–Crippen LogP) is 0.637. The fourth-order valence-electron chi connectivity index (χ4n) is 0. The molecule has 0 amide bonds. The molecule has 0 aliphatic rings. The van der Waals surface area contributed by atoms with Crippen molar-refractivity contribution >= 4 is 27.0 Å². The quantitative estimate of drug-likeness (QED) is 0.249. The van der Waals surface area contributed by atoms with Gasteiger partial charge < -0.3 is 5.73 Å². The molecule has 80 valence electrons. The van der Waals surface area contributed by atoms with Gasteiger partial charge in [-0.25, -0.2) is 0 Å². The van der Waals surface area contributed by atoms with Crippen LogP contribution in [0.25, 0.3) is 0 Å². The summed E-state index contributed by atoms with van der Waals surface area (Å²) in [6, 6.07) is 0. The Labute approximate surface area is 76.7 Å². The fraction of sp³-hybridized carbons (Fsp3) is 0.667. The molecule has 0 aromatic carbocycles. The fourth-order valence-corrected chi connectivity index (χ4v) is 0. The maximum atomic E-state index is 10.7. The molecule has 0 atom stereocenters. The highest BCUT2D eigenvalue weighted by Crippen LogP contribution is 2.20. The molecule has 4 N–H and O–H groups in total. The number of rotatable bonds is 0. The molecule has 13 heavy (non-hydrogen) atoms. The van der Waals surface area contributed by atoms with Crippen LogP contribution in [-0.2, 0) is 10.1 Å². The summed E-state index contributed by atoms with van der Waals surface area (Å²) in [5.74, 6) is 0. The zero-order valence-electron chi connectivity index (χ0n) is 6.29. The molecule has 0 aromatic rings. The molecule has 5 nitrogen and oxygen atoms in total. The SMILES string of the molecule is CSC(=N)N.O=S(=O)(O)C(F)(F)F. The van der Waals surface area contributed by atoms with E-state index in [0.717, 1.165) is 0 Å². The van der Waals surface area contributed by atoms with E-state index < -0.39 is 15.6 Å². The second-order valence-electron chi connectivity index (χ2n) is 1.49. The summed E-state index contributed by atoms with van der Waals surface area (Å²) >= 11 is 1.24. The maximum Gasteiger partial charge on any atom is 0.522 e. The maximum absolute atomic E-state index is 10.7. The number of nitrogens with one attached hydrogen (secondary N) is 1. The Kier molecular flexibility index (Phi) is 6.11. The largest absolute Gasteiger partial charge is 0.522 e. The number of thioether (sulfide) groups is 1. The Bertz CT molecular complexity index is 260. The monoisotopic (exact) mass is 240 g/mol. The van der Waals surface area contributed by atoms with Gasteiger partial charge in [0.05, 0.1) is 0 Å². The zero-order valence-corrected chi connectivity index (χ0v) is 7.92. The van der Waals surface area contributed by atoms with Crippen LogP contribution in [0.2, 0.25) is 0 Å². The lowest BCUT2D eigenvalue weighted by Crippen LogP contribution is -2.21. The molecule has 0 bridgehead atoms. The normalized spacial score (nSPS) is 11.5. The highest BCUT2D eigenvalue weighted by molar-refractivity contribution is 8.13. The minimum Gasteiger partial charge on any atom is -0.379 e. The van der Waals surface area contributed by atoms with Crippen molar-refractivity contribution in [2.75, 3.05) is 6.26 Å². The predicted molar refractivity (Wildman–Crippen MR) is 43.0 cm³/mol. The number of alkyl halides is 3. The van der Waals surface area contributed by atoms with Gasteiger partial charge >= 0.3 is 15.6 Å². The van der Waals surface area contributed by atoms with Crippen LogP contribution >= 0.6 is 11.8 Å². The van der Waals surface area contributed by atoms with Gasteiger partial charge in [-0.05, 0) is 6.26 Å². The van der Waals surface area contributed by atoms with Crippen LogP contribution in [0.15, 0.2) is 0 Å². The Hall–Kier alpha value is -0.480. The molecule has 0 fully saturated rings. The van der Waals surface area contributed by atoms with Gasteiger partial charge in [0.1, 0.15) is 0 Å². The minimum absolute atomic E-state index is 0.171. The van der Waals surface area contributed by atoms with E-state index in [4.69, 9.17) is 24.1 Å². The molecule has 0 heterocycles. The third-order valence-electron chi connectivity index (χ3n) is 0.512. The van der Waals surface area contributed by atoms with Crippen LogP contribution < -0.4 is 5.73 Å². The van der Waals surface area contributed by atoms with Crippen LogP contribution in [0, 0.1) is 5.41 Å². The van der Waals surface area contributed by atoms with E-state index >= 15 is 0 Å². The second-order valence-corrected chi connectivity index (χ2v) is 3.75. The highest BCUT2D eigenvalue weighted by atomic mass is 32.2. The smallest absolute Gasteiger partial charge is 0.379 e. The van der Waals surface area contributed by atoms with Gasteiger partial charge in [-0.2, -0.15) is 21.6 Å². The molecule has 0 radical (unpaired) electrons. The first-order valence-electron chi connectivity index (χ1n) is 2.44. The van der Waals surface area contributed by atoms with Gasteiger partial charge in [-0.15, -0.1) is 0 Å². The second kappa shape index (κ2) is 5.29. The van der Waals surface area contributed by atoms with Crippen LogP contribution in [0.3, 0.4) is 0 Å². The average Bonchev–Trinajstić information content (AvgIpc) is 1.84. The van der Waals surface area contributed by atoms with Gasteiger partial charge in [-0.1, -0.05) is 11.8 Å². The van der Waals surface area contributed by atoms with Crippen molar-refractivity contribution in [1.82, 2.24) is 0 Å². The lowest BCUT2D eigenvalue weighted by Gasteiger charge is -1.97. The summed E-state index contributed by atoms with van der Waals surface area (Å²) in [5.41, 5.74) is -0.697. The third-order valence-corrected chi connectivity index (χ3v) is 1.54. The van der Waals surface area contributed by atoms with Crippen molar-refractivity contribution in [1.29, 1.82) is 5.41 Å². The van der Waals surface area contributed by atoms with Crippen LogP contribution in [0.4, 0.5) is 13.2 Å². The Morgan fingerprint density at radius 2 is 1.69 bits per heavy atom. The van der Waals surface area contributed by atoms with Gasteiger partial charge in [0.25, 0.3) is 0 Å². The van der Waals surface area contributed by atoms with E-state index in [1.165, 1.54) is 11.8 Å². The zero-order chi connectivity index (χ0) is 11.3. The molecular formula is C3H7F3N2O3S2. The van der Waals surface area contributed by atoms with E-state index in [2.05, 4.69) is 0 Å². The summed E-state index contributed by atoms with van der Waals surface area (Å²) < 4.78 is 57.5. The van der Waals surface area contributed by atoms with Gasteiger partial charge in [0.2, 0.25) is 0 Å². The number of halogens is 3. The topological polar surface area (TPSA) is 104 Å². The molecule has 0 spiro atoms. The van der Waals surface area contributed by atoms with E-state index in [-0.39, 0.29) is 5.17 Å². The van der Waals surface area contributed by atoms with E-state index in [0.29, 0.717) is 0 Å². The number of nitrogens with two attached hydrogens (primary N) is 1. The van der Waals surface area contributed by atoms with E-state index in [9.17, 15) is 13.2 Å². The summed E-state index contributed by atoms with van der Waals surface area (Å²) in [6.07, 6.45) is 1.77. The van der Waals surface area contributed by atoms with Gasteiger partial charge in [-0.3, -0.25) is 9.96 Å². The molecule has 0 rings (SSSR count). The van der Waals surface area contributed by atoms with Crippen LogP contribution in [0.1, 0.15) is 0 Å². The van der Waals surface area contributed by atoms with E-state index in [1.54, 1.807) is 6.26 Å². The Morgan fingerprint density at radius 3 is 1.69 bits per heavy atom. The highest BCUT2D eigenvalue weighted by Gasteiger charge is 2.44. The number of hydrogen-bond donors (Lipinski definition) is 3. The molecule has 0 aromatic heterocycles. The molecular weight excluding hydrogens is 233 g/mol. The Balaban J connectivity index is 0. The lowest BCUT2D eigenvalue weighted by atomic mass is 11.4. The van der Waals surface area contributed by atoms with Crippen LogP contribution in [0.5, 0.6) is 0 Å². The van der Waals surface area contributed by atoms with Crippen molar-refractivity contribution in [3.8, 4) is 0 Å². The molecule has 0 aliphatic heterocycles. The van der Waals surface area contributed by atoms with Gasteiger partial charge in [0.15, 0.2) is 5.17 Å². The van der Waals surface area contributed by atoms with Crippen molar-refractivity contribution in [2.24, 2.45) is 5.73 Å². The molecule has 0 aliphatic carbocycles. The average molecular weight is 240 g/mol. The molecule has 0 unspecified atom stereocenters. The molecule has 0 saturated carbocycles. The van der Waals surface area contributed by atoms with E-state index in [1.807, 2.05) is 0 Å². The van der Waals surface area contributed by atoms with Crippen LogP contribution in [-0.4, -0.2) is 29.9 Å². The van der Waals surface area contributed by atoms with Crippen molar-refractivity contribution < 1.29 is 26.1 Å². The summed E-state index contributed by atoms with van der Waals surface area (Å²) in [7, 11) is -5.84. The first kappa shape index (κ1) is 15.0. The van der Waals surface area contributed by atoms with Crippen molar-refractivity contribution in [2.45, 2.75) is 5.51 Å². The lowest BCUT2D eigenvalue weighted by molar-refractivity contribution is -0.0510. The first-order valence-corrected chi connectivity index (χ1v) is 5.10. The molecule has 0 saturated heterocycles. The minimum atomic E-state index is -5.84. The number of amidine groups is 1. The Morgan fingerprint density at radius 1 is 1.54 bits per heavy atom. The van der Waals surface area contributed by atoms with Crippen molar-refractivity contribution in [3.05, 3.63) is 0 Å². The first-order chi connectivity index (χ1) is 5.52. The summed E-state index contributed by atoms with van der Waals surface area (Å²) in [4.78, 5) is 0.